The van der Waals surface area contributed by atoms with E-state index in [4.69, 9.17) is 0 Å². The number of H-pyrrole nitrogens is 1. The van der Waals surface area contributed by atoms with Crippen LogP contribution in [0.1, 0.15) is 27.2 Å². The number of fused-ring (bicyclic) bond motifs is 1. The number of carbonyl (C=O) groups is 1. The van der Waals surface area contributed by atoms with Crippen LogP contribution in [0, 0.1) is 19.7 Å². The predicted molar refractivity (Wildman–Crippen MR) is 103 cm³/mol. The van der Waals surface area contributed by atoms with Crippen LogP contribution in [0.25, 0.3) is 10.9 Å². The van der Waals surface area contributed by atoms with E-state index in [1.54, 1.807) is 6.07 Å². The van der Waals surface area contributed by atoms with E-state index in [-0.39, 0.29) is 16.6 Å². The van der Waals surface area contributed by atoms with Crippen LogP contribution in [0.5, 0.6) is 0 Å². The van der Waals surface area contributed by atoms with Gasteiger partial charge in [-0.25, -0.2) is 12.8 Å². The van der Waals surface area contributed by atoms with Crippen molar-refractivity contribution < 1.29 is 17.6 Å². The minimum atomic E-state index is -3.29. The van der Waals surface area contributed by atoms with E-state index in [0.29, 0.717) is 24.0 Å². The third kappa shape index (κ3) is 3.88. The molecule has 0 unspecified atom stereocenters. The summed E-state index contributed by atoms with van der Waals surface area (Å²) in [6.07, 6.45) is 1.68. The molecule has 0 bridgehead atoms. The van der Waals surface area contributed by atoms with Crippen LogP contribution in [0.15, 0.2) is 41.3 Å². The molecule has 0 aliphatic heterocycles. The van der Waals surface area contributed by atoms with E-state index < -0.39 is 9.84 Å². The van der Waals surface area contributed by atoms with Gasteiger partial charge in [-0.15, -0.1) is 0 Å². The van der Waals surface area contributed by atoms with Gasteiger partial charge in [0.05, 0.1) is 10.4 Å². The molecule has 142 valence electrons. The molecule has 0 radical (unpaired) electrons. The fraction of sp³-hybridized carbons (Fsp3) is 0.250. The van der Waals surface area contributed by atoms with Crippen molar-refractivity contribution in [1.29, 1.82) is 0 Å². The van der Waals surface area contributed by atoms with Crippen molar-refractivity contribution in [1.82, 2.24) is 10.3 Å². The predicted octanol–water partition coefficient (Wildman–Crippen LogP) is 3.30. The first-order valence-electron chi connectivity index (χ1n) is 8.53. The van der Waals surface area contributed by atoms with Crippen LogP contribution in [-0.4, -0.2) is 32.1 Å². The molecule has 1 amide bonds. The van der Waals surface area contributed by atoms with Gasteiger partial charge in [-0.05, 0) is 61.7 Å². The first-order valence-corrected chi connectivity index (χ1v) is 10.4. The van der Waals surface area contributed by atoms with E-state index in [9.17, 15) is 17.6 Å². The van der Waals surface area contributed by atoms with Gasteiger partial charge in [0.25, 0.3) is 5.91 Å². The molecule has 0 saturated carbocycles. The lowest BCUT2D eigenvalue weighted by molar-refractivity contribution is 0.0954. The van der Waals surface area contributed by atoms with Crippen molar-refractivity contribution in [3.63, 3.8) is 0 Å². The Morgan fingerprint density at radius 2 is 1.78 bits per heavy atom. The molecule has 1 aromatic heterocycles. The Bertz CT molecular complexity index is 1120. The monoisotopic (exact) mass is 388 g/mol. The van der Waals surface area contributed by atoms with Gasteiger partial charge in [0.15, 0.2) is 9.84 Å². The molecule has 3 rings (SSSR count). The summed E-state index contributed by atoms with van der Waals surface area (Å²) in [6.45, 7) is 4.21. The van der Waals surface area contributed by atoms with Gasteiger partial charge in [0.1, 0.15) is 5.82 Å². The summed E-state index contributed by atoms with van der Waals surface area (Å²) in [6, 6.07) is 9.00. The van der Waals surface area contributed by atoms with Crippen LogP contribution in [-0.2, 0) is 16.3 Å². The largest absolute Gasteiger partial charge is 0.356 e. The zero-order valence-corrected chi connectivity index (χ0v) is 16.2. The van der Waals surface area contributed by atoms with Gasteiger partial charge in [0.2, 0.25) is 0 Å². The van der Waals surface area contributed by atoms with E-state index in [0.717, 1.165) is 28.5 Å². The molecule has 0 spiro atoms. The molecule has 0 saturated heterocycles. The van der Waals surface area contributed by atoms with Crippen molar-refractivity contribution in [3.8, 4) is 0 Å². The third-order valence-electron chi connectivity index (χ3n) is 4.63. The van der Waals surface area contributed by atoms with Gasteiger partial charge in [-0.1, -0.05) is 6.07 Å². The summed E-state index contributed by atoms with van der Waals surface area (Å²) in [5.74, 6) is -0.574. The topological polar surface area (TPSA) is 79.0 Å². The number of aromatic amines is 1. The van der Waals surface area contributed by atoms with Gasteiger partial charge in [0, 0.05) is 29.4 Å². The highest BCUT2D eigenvalue weighted by Crippen LogP contribution is 2.27. The molecule has 3 aromatic rings. The molecule has 0 aliphatic carbocycles. The Morgan fingerprint density at radius 1 is 1.11 bits per heavy atom. The van der Waals surface area contributed by atoms with Gasteiger partial charge >= 0.3 is 0 Å². The zero-order chi connectivity index (χ0) is 19.8. The smallest absolute Gasteiger partial charge is 0.251 e. The average Bonchev–Trinajstić information content (AvgIpc) is 2.95. The zero-order valence-electron chi connectivity index (χ0n) is 15.4. The van der Waals surface area contributed by atoms with E-state index >= 15 is 0 Å². The van der Waals surface area contributed by atoms with Crippen LogP contribution in [0.2, 0.25) is 0 Å². The van der Waals surface area contributed by atoms with Crippen LogP contribution >= 0.6 is 0 Å². The lowest BCUT2D eigenvalue weighted by Gasteiger charge is -2.07. The Labute approximate surface area is 157 Å². The Hall–Kier alpha value is -2.67. The number of aromatic nitrogens is 1. The number of amides is 1. The van der Waals surface area contributed by atoms with Gasteiger partial charge < -0.3 is 10.3 Å². The molecule has 0 fully saturated rings. The summed E-state index contributed by atoms with van der Waals surface area (Å²) in [4.78, 5) is 15.5. The molecular formula is C20H21FN2O3S. The standard InChI is InChI=1S/C20H21FN2O3S/c1-12-4-9-17(21)19-18(12)16(13(2)23-19)10-11-22-20(24)14-5-7-15(8-6-14)27(3,25)26/h4-9,23H,10-11H2,1-3H3,(H,22,24). The molecule has 0 atom stereocenters. The van der Waals surface area contributed by atoms with Crippen molar-refractivity contribution in [3.05, 3.63) is 64.6 Å². The number of nitrogens with one attached hydrogen (secondary N) is 2. The maximum Gasteiger partial charge on any atom is 0.251 e. The first-order chi connectivity index (χ1) is 12.7. The van der Waals surface area contributed by atoms with Crippen LogP contribution in [0.4, 0.5) is 4.39 Å². The fourth-order valence-corrected chi connectivity index (χ4v) is 3.84. The van der Waals surface area contributed by atoms with E-state index in [1.165, 1.54) is 30.3 Å². The minimum Gasteiger partial charge on any atom is -0.356 e. The van der Waals surface area contributed by atoms with Gasteiger partial charge in [-0.3, -0.25) is 4.79 Å². The Kier molecular flexibility index (Phi) is 5.06. The highest BCUT2D eigenvalue weighted by molar-refractivity contribution is 7.90. The molecule has 2 N–H and O–H groups in total. The Balaban J connectivity index is 1.72. The summed E-state index contributed by atoms with van der Waals surface area (Å²) in [7, 11) is -3.29. The normalized spacial score (nSPS) is 11.7. The lowest BCUT2D eigenvalue weighted by Crippen LogP contribution is -2.25. The average molecular weight is 388 g/mol. The van der Waals surface area contributed by atoms with Crippen molar-refractivity contribution in [2.45, 2.75) is 25.2 Å². The molecule has 27 heavy (non-hydrogen) atoms. The molecular weight excluding hydrogens is 367 g/mol. The lowest BCUT2D eigenvalue weighted by atomic mass is 10.0. The number of sulfone groups is 1. The van der Waals surface area contributed by atoms with Crippen LogP contribution < -0.4 is 5.32 Å². The Morgan fingerprint density at radius 3 is 2.41 bits per heavy atom. The van der Waals surface area contributed by atoms with E-state index in [1.807, 2.05) is 13.8 Å². The summed E-state index contributed by atoms with van der Waals surface area (Å²) >= 11 is 0. The van der Waals surface area contributed by atoms with Crippen molar-refractivity contribution in [2.75, 3.05) is 12.8 Å². The molecule has 2 aromatic carbocycles. The molecule has 1 heterocycles. The SMILES string of the molecule is Cc1[nH]c2c(F)ccc(C)c2c1CCNC(=O)c1ccc(S(C)(=O)=O)cc1. The van der Waals surface area contributed by atoms with Gasteiger partial charge in [-0.2, -0.15) is 0 Å². The number of benzene rings is 2. The quantitative estimate of drug-likeness (QED) is 0.704. The maximum absolute atomic E-state index is 14.0. The summed E-state index contributed by atoms with van der Waals surface area (Å²) in [5, 5.41) is 3.69. The second kappa shape index (κ2) is 7.15. The highest BCUT2D eigenvalue weighted by atomic mass is 32.2. The second-order valence-corrected chi connectivity index (χ2v) is 8.66. The third-order valence-corrected chi connectivity index (χ3v) is 5.76. The number of hydrogen-bond donors (Lipinski definition) is 2. The van der Waals surface area contributed by atoms with E-state index in [2.05, 4.69) is 10.3 Å². The number of hydrogen-bond acceptors (Lipinski definition) is 3. The summed E-state index contributed by atoms with van der Waals surface area (Å²) in [5.41, 5.74) is 3.72. The van der Waals surface area contributed by atoms with Crippen molar-refractivity contribution >= 4 is 26.6 Å². The number of carbonyl (C=O) groups excluding carboxylic acids is 1. The molecule has 7 heteroatoms. The maximum atomic E-state index is 14.0. The second-order valence-electron chi connectivity index (χ2n) is 6.65. The van der Waals surface area contributed by atoms with Crippen molar-refractivity contribution in [2.24, 2.45) is 0 Å². The fourth-order valence-electron chi connectivity index (χ4n) is 3.21. The number of rotatable bonds is 5. The molecule has 0 aliphatic rings. The first kappa shape index (κ1) is 19.1. The number of aryl methyl sites for hydroxylation is 2. The molecule has 5 nitrogen and oxygen atoms in total. The minimum absolute atomic E-state index is 0.172. The number of halogens is 1. The van der Waals surface area contributed by atoms with Crippen LogP contribution in [0.3, 0.4) is 0 Å². The highest BCUT2D eigenvalue weighted by Gasteiger charge is 2.14. The summed E-state index contributed by atoms with van der Waals surface area (Å²) < 4.78 is 37.0.